The van der Waals surface area contributed by atoms with Crippen molar-refractivity contribution in [3.63, 3.8) is 0 Å². The van der Waals surface area contributed by atoms with Crippen molar-refractivity contribution >= 4 is 33.6 Å². The van der Waals surface area contributed by atoms with Crippen LogP contribution in [0.5, 0.6) is 0 Å². The second-order valence-electron chi connectivity index (χ2n) is 10.5. The van der Waals surface area contributed by atoms with Gasteiger partial charge in [0.05, 0.1) is 22.2 Å². The number of hydrogen-bond acceptors (Lipinski definition) is 6. The van der Waals surface area contributed by atoms with Gasteiger partial charge < -0.3 is 18.6 Å². The Morgan fingerprint density at radius 1 is 0.595 bits per heavy atom. The van der Waals surface area contributed by atoms with Gasteiger partial charge in [-0.05, 0) is 62.4 Å². The Kier molecular flexibility index (Phi) is 6.31. The molecule has 42 heavy (non-hydrogen) atoms. The normalized spacial score (nSPS) is 13.7. The summed E-state index contributed by atoms with van der Waals surface area (Å²) in [7, 11) is 0. The number of nitrogens with zero attached hydrogens (tertiary/aromatic N) is 4. The van der Waals surface area contributed by atoms with Crippen LogP contribution in [0.25, 0.3) is 44.7 Å². The number of fused-ring (bicyclic) bond motifs is 2. The van der Waals surface area contributed by atoms with Crippen LogP contribution >= 0.6 is 0 Å². The average Bonchev–Trinajstić information content (AvgIpc) is 3.67. The van der Waals surface area contributed by atoms with Crippen LogP contribution in [0.2, 0.25) is 0 Å². The summed E-state index contributed by atoms with van der Waals surface area (Å²) in [5.74, 6) is 2.63. The summed E-state index contributed by atoms with van der Waals surface area (Å²) in [5, 5.41) is 1.58. The number of furan rings is 2. The van der Waals surface area contributed by atoms with Gasteiger partial charge in [-0.2, -0.15) is 0 Å². The van der Waals surface area contributed by atoms with Gasteiger partial charge in [0.2, 0.25) is 0 Å². The lowest BCUT2D eigenvalue weighted by molar-refractivity contribution is 0.0537. The molecule has 4 aromatic heterocycles. The van der Waals surface area contributed by atoms with E-state index in [1.165, 1.54) is 0 Å². The van der Waals surface area contributed by atoms with E-state index in [-0.39, 0.29) is 11.8 Å². The molecule has 0 bridgehead atoms. The van der Waals surface area contributed by atoms with Crippen molar-refractivity contribution in [1.29, 1.82) is 0 Å². The number of rotatable bonds is 4. The highest BCUT2D eigenvalue weighted by molar-refractivity contribution is 6.08. The molecule has 0 aliphatic carbocycles. The minimum Gasteiger partial charge on any atom is -0.460 e. The molecule has 0 N–H and O–H groups in total. The number of carbonyl (C=O) groups is 2. The van der Waals surface area contributed by atoms with Gasteiger partial charge in [0.15, 0.2) is 11.5 Å². The Morgan fingerprint density at radius 3 is 1.38 bits per heavy atom. The van der Waals surface area contributed by atoms with Crippen molar-refractivity contribution in [2.45, 2.75) is 13.8 Å². The van der Waals surface area contributed by atoms with Crippen molar-refractivity contribution in [1.82, 2.24) is 19.8 Å². The molecule has 0 radical (unpaired) electrons. The zero-order valence-corrected chi connectivity index (χ0v) is 23.3. The summed E-state index contributed by atoms with van der Waals surface area (Å²) in [6, 6.07) is 26.4. The Bertz CT molecular complexity index is 1840. The molecule has 8 heteroatoms. The van der Waals surface area contributed by atoms with Crippen LogP contribution in [0.4, 0.5) is 0 Å². The van der Waals surface area contributed by atoms with Crippen LogP contribution in [0.15, 0.2) is 93.8 Å². The van der Waals surface area contributed by atoms with E-state index in [4.69, 9.17) is 18.8 Å². The van der Waals surface area contributed by atoms with E-state index in [1.54, 1.807) is 12.1 Å². The van der Waals surface area contributed by atoms with Crippen LogP contribution in [0, 0.1) is 13.8 Å². The van der Waals surface area contributed by atoms with Gasteiger partial charge >= 0.3 is 0 Å². The molecule has 1 saturated heterocycles. The minimum absolute atomic E-state index is 0.0879. The summed E-state index contributed by atoms with van der Waals surface area (Å²) < 4.78 is 11.6. The van der Waals surface area contributed by atoms with E-state index in [9.17, 15) is 9.59 Å². The van der Waals surface area contributed by atoms with E-state index in [0.717, 1.165) is 33.3 Å². The number of pyridine rings is 2. The first kappa shape index (κ1) is 25.7. The molecule has 2 amide bonds. The first-order chi connectivity index (χ1) is 20.4. The first-order valence-corrected chi connectivity index (χ1v) is 14.0. The third-order valence-corrected chi connectivity index (χ3v) is 7.73. The average molecular weight is 557 g/mol. The predicted molar refractivity (Wildman–Crippen MR) is 160 cm³/mol. The van der Waals surface area contributed by atoms with Gasteiger partial charge in [-0.15, -0.1) is 0 Å². The lowest BCUT2D eigenvalue weighted by Crippen LogP contribution is -2.50. The highest BCUT2D eigenvalue weighted by Crippen LogP contribution is 2.29. The molecule has 0 unspecified atom stereocenters. The number of amides is 2. The maximum atomic E-state index is 13.9. The van der Waals surface area contributed by atoms with Gasteiger partial charge in [0, 0.05) is 37.0 Å². The van der Waals surface area contributed by atoms with Crippen LogP contribution < -0.4 is 0 Å². The Balaban J connectivity index is 1.15. The lowest BCUT2D eigenvalue weighted by atomic mass is 10.0. The van der Waals surface area contributed by atoms with Crippen molar-refractivity contribution in [3.8, 4) is 22.9 Å². The summed E-state index contributed by atoms with van der Waals surface area (Å²) >= 11 is 0. The zero-order valence-electron chi connectivity index (χ0n) is 23.3. The summed E-state index contributed by atoms with van der Waals surface area (Å²) in [6.07, 6.45) is 0. The summed E-state index contributed by atoms with van der Waals surface area (Å²) in [6.45, 7) is 5.44. The predicted octanol–water partition coefficient (Wildman–Crippen LogP) is 6.52. The SMILES string of the molecule is Cc1ccc(-c2cc(C(=O)N3CCN(C(=O)c4cc(-c5ccc(C)o5)nc5ccccc45)CC3)c3ccccc3n2)o1. The molecule has 208 valence electrons. The summed E-state index contributed by atoms with van der Waals surface area (Å²) in [5.41, 5.74) is 3.84. The fourth-order valence-electron chi connectivity index (χ4n) is 5.55. The minimum atomic E-state index is -0.0879. The van der Waals surface area contributed by atoms with Crippen molar-refractivity contribution < 1.29 is 18.4 Å². The van der Waals surface area contributed by atoms with E-state index in [0.29, 0.717) is 60.2 Å². The van der Waals surface area contributed by atoms with Crippen LogP contribution in [-0.4, -0.2) is 57.8 Å². The molecular formula is C34H28N4O4. The van der Waals surface area contributed by atoms with E-state index in [2.05, 4.69) is 0 Å². The third-order valence-electron chi connectivity index (χ3n) is 7.73. The van der Waals surface area contributed by atoms with Crippen LogP contribution in [0.1, 0.15) is 32.2 Å². The number of carbonyl (C=O) groups excluding carboxylic acids is 2. The number of piperazine rings is 1. The monoisotopic (exact) mass is 556 g/mol. The summed E-state index contributed by atoms with van der Waals surface area (Å²) in [4.78, 5) is 40.8. The molecule has 1 aliphatic heterocycles. The molecule has 1 aliphatic rings. The number of benzene rings is 2. The number of hydrogen-bond donors (Lipinski definition) is 0. The quantitative estimate of drug-likeness (QED) is 0.246. The molecule has 0 spiro atoms. The van der Waals surface area contributed by atoms with Gasteiger partial charge in [-0.3, -0.25) is 9.59 Å². The largest absolute Gasteiger partial charge is 0.460 e. The second-order valence-corrected chi connectivity index (χ2v) is 10.5. The number of aryl methyl sites for hydroxylation is 2. The Labute approximate surface area is 242 Å². The molecule has 1 fully saturated rings. The highest BCUT2D eigenvalue weighted by atomic mass is 16.3. The van der Waals surface area contributed by atoms with E-state index >= 15 is 0 Å². The maximum absolute atomic E-state index is 13.9. The lowest BCUT2D eigenvalue weighted by Gasteiger charge is -2.35. The fraction of sp³-hybridized carbons (Fsp3) is 0.176. The van der Waals surface area contributed by atoms with Crippen molar-refractivity contribution in [2.24, 2.45) is 0 Å². The zero-order chi connectivity index (χ0) is 28.8. The molecule has 7 rings (SSSR count). The van der Waals surface area contributed by atoms with Gasteiger partial charge in [-0.25, -0.2) is 9.97 Å². The fourth-order valence-corrected chi connectivity index (χ4v) is 5.55. The topological polar surface area (TPSA) is 92.7 Å². The number of para-hydroxylation sites is 2. The molecular weight excluding hydrogens is 528 g/mol. The Hall–Kier alpha value is -5.24. The number of aromatic nitrogens is 2. The van der Waals surface area contributed by atoms with Crippen molar-refractivity contribution in [2.75, 3.05) is 26.2 Å². The van der Waals surface area contributed by atoms with E-state index in [1.807, 2.05) is 96.4 Å². The highest BCUT2D eigenvalue weighted by Gasteiger charge is 2.28. The van der Waals surface area contributed by atoms with Crippen LogP contribution in [0.3, 0.4) is 0 Å². The first-order valence-electron chi connectivity index (χ1n) is 14.0. The van der Waals surface area contributed by atoms with Crippen LogP contribution in [-0.2, 0) is 0 Å². The van der Waals surface area contributed by atoms with Gasteiger partial charge in [0.1, 0.15) is 22.9 Å². The second kappa shape index (κ2) is 10.3. The van der Waals surface area contributed by atoms with Crippen molar-refractivity contribution in [3.05, 3.63) is 108 Å². The molecule has 5 heterocycles. The Morgan fingerprint density at radius 2 is 1.00 bits per heavy atom. The third kappa shape index (κ3) is 4.60. The molecule has 8 nitrogen and oxygen atoms in total. The molecule has 0 saturated carbocycles. The van der Waals surface area contributed by atoms with Gasteiger partial charge in [0.25, 0.3) is 11.8 Å². The standard InChI is InChI=1S/C34H28N4O4/c1-21-11-13-31(41-21)29-19-25(23-7-3-5-9-27(23)35-29)33(39)37-15-17-38(18-16-37)34(40)26-20-30(32-14-12-22(2)42-32)36-28-10-6-4-8-24(26)28/h3-14,19-20H,15-18H2,1-2H3. The smallest absolute Gasteiger partial charge is 0.254 e. The maximum Gasteiger partial charge on any atom is 0.254 e. The molecule has 2 aromatic carbocycles. The van der Waals surface area contributed by atoms with Gasteiger partial charge in [-0.1, -0.05) is 36.4 Å². The van der Waals surface area contributed by atoms with E-state index < -0.39 is 0 Å². The molecule has 0 atom stereocenters. The molecule has 6 aromatic rings.